The molecule has 2 aliphatic rings. The zero-order valence-electron chi connectivity index (χ0n) is 16.4. The van der Waals surface area contributed by atoms with E-state index in [1.807, 2.05) is 11.9 Å². The molecule has 1 aliphatic heterocycles. The van der Waals surface area contributed by atoms with Gasteiger partial charge in [-0.2, -0.15) is 0 Å². The molecule has 0 N–H and O–H groups in total. The molecule has 3 rings (SSSR count). The van der Waals surface area contributed by atoms with E-state index in [9.17, 15) is 14.4 Å². The Kier molecular flexibility index (Phi) is 5.82. The van der Waals surface area contributed by atoms with Gasteiger partial charge in [-0.1, -0.05) is 19.3 Å². The smallest absolute Gasteiger partial charge is 0.267 e. The second kappa shape index (κ2) is 8.11. The van der Waals surface area contributed by atoms with Gasteiger partial charge in [-0.05, 0) is 38.0 Å². The predicted octanol–water partition coefficient (Wildman–Crippen LogP) is 3.18. The van der Waals surface area contributed by atoms with Gasteiger partial charge in [0.25, 0.3) is 5.91 Å². The molecule has 6 heteroatoms. The lowest BCUT2D eigenvalue weighted by atomic mass is 9.94. The van der Waals surface area contributed by atoms with Crippen molar-refractivity contribution in [1.29, 1.82) is 0 Å². The predicted molar refractivity (Wildman–Crippen MR) is 103 cm³/mol. The fourth-order valence-electron chi connectivity index (χ4n) is 3.90. The van der Waals surface area contributed by atoms with Gasteiger partial charge in [0.2, 0.25) is 5.91 Å². The van der Waals surface area contributed by atoms with E-state index in [0.29, 0.717) is 23.0 Å². The van der Waals surface area contributed by atoms with Gasteiger partial charge < -0.3 is 14.5 Å². The fraction of sp³-hybridized carbons (Fsp3) is 0.571. The Labute approximate surface area is 160 Å². The molecule has 2 amide bonds. The van der Waals surface area contributed by atoms with Crippen molar-refractivity contribution in [3.05, 3.63) is 23.8 Å². The van der Waals surface area contributed by atoms with Crippen LogP contribution in [0.1, 0.15) is 62.2 Å². The van der Waals surface area contributed by atoms with Crippen molar-refractivity contribution in [3.8, 4) is 5.75 Å². The van der Waals surface area contributed by atoms with Crippen LogP contribution in [-0.2, 0) is 9.59 Å². The first kappa shape index (κ1) is 19.4. The highest BCUT2D eigenvalue weighted by molar-refractivity contribution is 6.03. The molecule has 0 spiro atoms. The van der Waals surface area contributed by atoms with Crippen molar-refractivity contribution in [3.63, 3.8) is 0 Å². The summed E-state index contributed by atoms with van der Waals surface area (Å²) in [4.78, 5) is 40.4. The van der Waals surface area contributed by atoms with Crippen LogP contribution in [0.2, 0.25) is 0 Å². The van der Waals surface area contributed by atoms with Gasteiger partial charge in [0.05, 0.1) is 5.69 Å². The van der Waals surface area contributed by atoms with Gasteiger partial charge in [0, 0.05) is 38.5 Å². The second-order valence-electron chi connectivity index (χ2n) is 7.56. The number of ether oxygens (including phenoxy) is 1. The van der Waals surface area contributed by atoms with E-state index < -0.39 is 6.10 Å². The number of carbonyl (C=O) groups excluding carboxylic acids is 3. The second-order valence-corrected chi connectivity index (χ2v) is 7.56. The first-order valence-electron chi connectivity index (χ1n) is 9.75. The van der Waals surface area contributed by atoms with Gasteiger partial charge in [-0.15, -0.1) is 0 Å². The molecule has 1 aliphatic carbocycles. The number of Topliss-reactive ketones (excluding diaryl/α,β-unsaturated/α-hetero) is 1. The summed E-state index contributed by atoms with van der Waals surface area (Å²) in [6.07, 6.45) is 5.55. The monoisotopic (exact) mass is 372 g/mol. The third kappa shape index (κ3) is 4.15. The van der Waals surface area contributed by atoms with Crippen molar-refractivity contribution in [1.82, 2.24) is 4.90 Å². The lowest BCUT2D eigenvalue weighted by Crippen LogP contribution is -2.42. The number of fused-ring (bicyclic) bond motifs is 1. The van der Waals surface area contributed by atoms with Gasteiger partial charge in [0.15, 0.2) is 11.9 Å². The highest BCUT2D eigenvalue weighted by atomic mass is 16.5. The van der Waals surface area contributed by atoms with E-state index in [1.54, 1.807) is 32.2 Å². The maximum absolute atomic E-state index is 12.6. The lowest BCUT2D eigenvalue weighted by molar-refractivity contribution is -0.132. The molecule has 1 aromatic rings. The van der Waals surface area contributed by atoms with Crippen LogP contribution in [0.25, 0.3) is 0 Å². The van der Waals surface area contributed by atoms with Crippen LogP contribution < -0.4 is 9.64 Å². The molecular weight excluding hydrogens is 344 g/mol. The summed E-state index contributed by atoms with van der Waals surface area (Å²) in [6, 6.07) is 5.41. The fourth-order valence-corrected chi connectivity index (χ4v) is 3.90. The molecule has 1 atom stereocenters. The molecule has 0 aromatic heterocycles. The number of hydrogen-bond donors (Lipinski definition) is 0. The summed E-state index contributed by atoms with van der Waals surface area (Å²) in [5.74, 6) is 0.381. The quantitative estimate of drug-likeness (QED) is 0.745. The summed E-state index contributed by atoms with van der Waals surface area (Å²) in [5, 5.41) is 0. The number of likely N-dealkylation sites (N-methyl/N-ethyl adjacent to an activating group) is 1. The van der Waals surface area contributed by atoms with Crippen molar-refractivity contribution in [2.45, 2.75) is 64.0 Å². The maximum atomic E-state index is 12.6. The van der Waals surface area contributed by atoms with Gasteiger partial charge in [-0.3, -0.25) is 14.4 Å². The Morgan fingerprint density at radius 2 is 1.89 bits per heavy atom. The minimum atomic E-state index is -0.531. The van der Waals surface area contributed by atoms with Gasteiger partial charge in [0.1, 0.15) is 5.75 Å². The normalized spacial score (nSPS) is 20.0. The zero-order chi connectivity index (χ0) is 19.6. The average molecular weight is 372 g/mol. The van der Waals surface area contributed by atoms with Gasteiger partial charge in [-0.25, -0.2) is 0 Å². The number of anilines is 1. The number of amides is 2. The lowest BCUT2D eigenvalue weighted by Gasteiger charge is -2.31. The first-order chi connectivity index (χ1) is 12.9. The molecule has 6 nitrogen and oxygen atoms in total. The number of hydrogen-bond acceptors (Lipinski definition) is 4. The van der Waals surface area contributed by atoms with Crippen LogP contribution in [0.15, 0.2) is 18.2 Å². The van der Waals surface area contributed by atoms with Crippen LogP contribution in [0.5, 0.6) is 5.75 Å². The average Bonchev–Trinajstić information content (AvgIpc) is 2.70. The Hall–Kier alpha value is -2.37. The highest BCUT2D eigenvalue weighted by Gasteiger charge is 2.29. The summed E-state index contributed by atoms with van der Waals surface area (Å²) < 4.78 is 5.58. The van der Waals surface area contributed by atoms with E-state index in [4.69, 9.17) is 4.74 Å². The molecule has 1 unspecified atom stereocenters. The van der Waals surface area contributed by atoms with Crippen LogP contribution in [0.4, 0.5) is 5.69 Å². The number of nitrogens with zero attached hydrogens (tertiary/aromatic N) is 2. The standard InChI is InChI=1S/C21H28N2O4/c1-14-21(26)23(3)17-13-15(9-11-19(17)27-14)18(24)10-12-20(25)22(2)16-7-5-4-6-8-16/h9,11,13-14,16H,4-8,10,12H2,1-3H3. The molecule has 0 saturated heterocycles. The third-order valence-electron chi connectivity index (χ3n) is 5.71. The maximum Gasteiger partial charge on any atom is 0.267 e. The largest absolute Gasteiger partial charge is 0.479 e. The highest BCUT2D eigenvalue weighted by Crippen LogP contribution is 2.34. The number of rotatable bonds is 5. The van der Waals surface area contributed by atoms with Crippen LogP contribution in [-0.4, -0.2) is 48.7 Å². The summed E-state index contributed by atoms with van der Waals surface area (Å²) in [5.41, 5.74) is 1.09. The molecule has 0 radical (unpaired) electrons. The van der Waals surface area contributed by atoms with Crippen LogP contribution in [0, 0.1) is 0 Å². The van der Waals surface area contributed by atoms with Crippen molar-refractivity contribution in [2.24, 2.45) is 0 Å². The SMILES string of the molecule is CC1Oc2ccc(C(=O)CCC(=O)N(C)C3CCCCC3)cc2N(C)C1=O. The molecule has 27 heavy (non-hydrogen) atoms. The first-order valence-corrected chi connectivity index (χ1v) is 9.75. The van der Waals surface area contributed by atoms with Gasteiger partial charge >= 0.3 is 0 Å². The minimum absolute atomic E-state index is 0.0256. The number of ketones is 1. The van der Waals surface area contributed by atoms with E-state index >= 15 is 0 Å². The summed E-state index contributed by atoms with van der Waals surface area (Å²) in [7, 11) is 3.53. The van der Waals surface area contributed by atoms with Crippen molar-refractivity contribution < 1.29 is 19.1 Å². The molecule has 1 heterocycles. The third-order valence-corrected chi connectivity index (χ3v) is 5.71. The molecule has 1 aromatic carbocycles. The Morgan fingerprint density at radius 1 is 1.19 bits per heavy atom. The molecule has 1 fully saturated rings. The van der Waals surface area contributed by atoms with E-state index in [0.717, 1.165) is 12.8 Å². The van der Waals surface area contributed by atoms with Crippen LogP contribution in [0.3, 0.4) is 0 Å². The zero-order valence-corrected chi connectivity index (χ0v) is 16.4. The summed E-state index contributed by atoms with van der Waals surface area (Å²) >= 11 is 0. The Bertz CT molecular complexity index is 740. The van der Waals surface area contributed by atoms with E-state index in [2.05, 4.69) is 0 Å². The van der Waals surface area contributed by atoms with Crippen molar-refractivity contribution in [2.75, 3.05) is 19.0 Å². The topological polar surface area (TPSA) is 66.9 Å². The van der Waals surface area contributed by atoms with E-state index in [-0.39, 0.29) is 30.4 Å². The van der Waals surface area contributed by atoms with E-state index in [1.165, 1.54) is 24.2 Å². The van der Waals surface area contributed by atoms with Crippen molar-refractivity contribution >= 4 is 23.3 Å². The minimum Gasteiger partial charge on any atom is -0.479 e. The molecule has 1 saturated carbocycles. The molecule has 146 valence electrons. The number of carbonyl (C=O) groups is 3. The Morgan fingerprint density at radius 3 is 2.59 bits per heavy atom. The molecule has 0 bridgehead atoms. The number of benzene rings is 1. The molecular formula is C21H28N2O4. The van der Waals surface area contributed by atoms with Crippen LogP contribution >= 0.6 is 0 Å². The summed E-state index contributed by atoms with van der Waals surface area (Å²) in [6.45, 7) is 1.70. The Balaban J connectivity index is 1.61.